The fraction of sp³-hybridized carbons (Fsp3) is 0.688. The molecule has 0 amide bonds. The lowest BCUT2D eigenvalue weighted by Crippen LogP contribution is -2.36. The predicted octanol–water partition coefficient (Wildman–Crippen LogP) is 2.92. The highest BCUT2D eigenvalue weighted by atomic mass is 16.5. The molecule has 20 heavy (non-hydrogen) atoms. The van der Waals surface area contributed by atoms with Gasteiger partial charge in [0.05, 0.1) is 6.61 Å². The quantitative estimate of drug-likeness (QED) is 0.795. The summed E-state index contributed by atoms with van der Waals surface area (Å²) in [6.45, 7) is 10.8. The molecule has 0 bridgehead atoms. The zero-order valence-corrected chi connectivity index (χ0v) is 13.5. The largest absolute Gasteiger partial charge is 0.383 e. The standard InChI is InChI=1S/C16H29N3O/c1-6-13(4)19(7-8-20-5)16-10-14(11-17)9-15(18-16)12(2)3/h9-10,12-13H,6-8,11,17H2,1-5H3. The number of methoxy groups -OCH3 is 1. The molecule has 1 aromatic rings. The summed E-state index contributed by atoms with van der Waals surface area (Å²) in [5.74, 6) is 1.42. The lowest BCUT2D eigenvalue weighted by atomic mass is 10.1. The molecule has 0 spiro atoms. The van der Waals surface area contributed by atoms with Crippen molar-refractivity contribution in [3.05, 3.63) is 23.4 Å². The van der Waals surface area contributed by atoms with Gasteiger partial charge in [-0.15, -0.1) is 0 Å². The van der Waals surface area contributed by atoms with Crippen molar-refractivity contribution < 1.29 is 4.74 Å². The fourth-order valence-electron chi connectivity index (χ4n) is 2.13. The van der Waals surface area contributed by atoms with Crippen LogP contribution in [0.2, 0.25) is 0 Å². The lowest BCUT2D eigenvalue weighted by Gasteiger charge is -2.30. The molecular formula is C16H29N3O. The van der Waals surface area contributed by atoms with Crippen LogP contribution in [0, 0.1) is 0 Å². The number of rotatable bonds is 8. The third-order valence-corrected chi connectivity index (χ3v) is 3.67. The van der Waals surface area contributed by atoms with Gasteiger partial charge in [0.2, 0.25) is 0 Å². The van der Waals surface area contributed by atoms with E-state index >= 15 is 0 Å². The van der Waals surface area contributed by atoms with Crippen LogP contribution in [0.3, 0.4) is 0 Å². The Kier molecular flexibility index (Phi) is 6.96. The van der Waals surface area contributed by atoms with Crippen LogP contribution in [0.25, 0.3) is 0 Å². The van der Waals surface area contributed by atoms with Crippen LogP contribution in [0.4, 0.5) is 5.82 Å². The number of ether oxygens (including phenoxy) is 1. The van der Waals surface area contributed by atoms with Gasteiger partial charge in [-0.3, -0.25) is 0 Å². The number of hydrogen-bond donors (Lipinski definition) is 1. The van der Waals surface area contributed by atoms with Gasteiger partial charge in [-0.2, -0.15) is 0 Å². The summed E-state index contributed by atoms with van der Waals surface area (Å²) in [6.07, 6.45) is 1.08. The zero-order valence-electron chi connectivity index (χ0n) is 13.5. The fourth-order valence-corrected chi connectivity index (χ4v) is 2.13. The number of anilines is 1. The Morgan fingerprint density at radius 1 is 1.30 bits per heavy atom. The Morgan fingerprint density at radius 2 is 2.00 bits per heavy atom. The van der Waals surface area contributed by atoms with Crippen LogP contribution < -0.4 is 10.6 Å². The second kappa shape index (κ2) is 8.22. The van der Waals surface area contributed by atoms with E-state index in [4.69, 9.17) is 15.5 Å². The van der Waals surface area contributed by atoms with Crippen molar-refractivity contribution in [3.8, 4) is 0 Å². The number of nitrogens with zero attached hydrogens (tertiary/aromatic N) is 2. The first-order chi connectivity index (χ1) is 9.53. The van der Waals surface area contributed by atoms with E-state index in [-0.39, 0.29) is 0 Å². The molecule has 0 fully saturated rings. The Labute approximate surface area is 123 Å². The highest BCUT2D eigenvalue weighted by Crippen LogP contribution is 2.22. The number of pyridine rings is 1. The molecule has 1 heterocycles. The molecule has 0 aromatic carbocycles. The molecule has 0 aliphatic rings. The Morgan fingerprint density at radius 3 is 2.50 bits per heavy atom. The number of hydrogen-bond acceptors (Lipinski definition) is 4. The van der Waals surface area contributed by atoms with Gasteiger partial charge in [0.25, 0.3) is 0 Å². The molecule has 1 rings (SSSR count). The van der Waals surface area contributed by atoms with Gasteiger partial charge in [-0.05, 0) is 37.0 Å². The average Bonchev–Trinajstić information content (AvgIpc) is 2.46. The minimum absolute atomic E-state index is 0.404. The van der Waals surface area contributed by atoms with Crippen molar-refractivity contribution in [3.63, 3.8) is 0 Å². The molecule has 0 aliphatic carbocycles. The molecule has 0 radical (unpaired) electrons. The smallest absolute Gasteiger partial charge is 0.129 e. The van der Waals surface area contributed by atoms with Gasteiger partial charge < -0.3 is 15.4 Å². The zero-order chi connectivity index (χ0) is 15.1. The molecule has 114 valence electrons. The topological polar surface area (TPSA) is 51.4 Å². The third kappa shape index (κ3) is 4.46. The number of nitrogens with two attached hydrogens (primary N) is 1. The summed E-state index contributed by atoms with van der Waals surface area (Å²) in [5.41, 5.74) is 8.07. The first-order valence-corrected chi connectivity index (χ1v) is 7.49. The second-order valence-corrected chi connectivity index (χ2v) is 5.56. The normalized spacial score (nSPS) is 12.8. The van der Waals surface area contributed by atoms with Crippen LogP contribution in [0.15, 0.2) is 12.1 Å². The van der Waals surface area contributed by atoms with E-state index in [1.54, 1.807) is 7.11 Å². The summed E-state index contributed by atoms with van der Waals surface area (Å²) in [5, 5.41) is 0. The SMILES string of the molecule is CCC(C)N(CCOC)c1cc(CN)cc(C(C)C)n1. The highest BCUT2D eigenvalue weighted by Gasteiger charge is 2.16. The molecule has 2 N–H and O–H groups in total. The van der Waals surface area contributed by atoms with Crippen LogP contribution in [-0.4, -0.2) is 31.3 Å². The van der Waals surface area contributed by atoms with Gasteiger partial charge in [-0.25, -0.2) is 4.98 Å². The molecule has 0 saturated heterocycles. The van der Waals surface area contributed by atoms with Gasteiger partial charge in [0.15, 0.2) is 0 Å². The summed E-state index contributed by atoms with van der Waals surface area (Å²) in [4.78, 5) is 7.13. The van der Waals surface area contributed by atoms with Gasteiger partial charge in [-0.1, -0.05) is 20.8 Å². The predicted molar refractivity (Wildman–Crippen MR) is 85.2 cm³/mol. The second-order valence-electron chi connectivity index (χ2n) is 5.56. The first kappa shape index (κ1) is 16.9. The molecule has 1 atom stereocenters. The van der Waals surface area contributed by atoms with Crippen molar-refractivity contribution in [2.45, 2.75) is 52.6 Å². The summed E-state index contributed by atoms with van der Waals surface area (Å²) in [7, 11) is 1.73. The minimum atomic E-state index is 0.404. The van der Waals surface area contributed by atoms with Gasteiger partial charge >= 0.3 is 0 Å². The van der Waals surface area contributed by atoms with Crippen molar-refractivity contribution in [1.29, 1.82) is 0 Å². The van der Waals surface area contributed by atoms with Crippen LogP contribution >= 0.6 is 0 Å². The molecule has 0 saturated carbocycles. The van der Waals surface area contributed by atoms with Crippen LogP contribution in [0.1, 0.15) is 51.3 Å². The molecule has 1 unspecified atom stereocenters. The average molecular weight is 279 g/mol. The molecule has 4 heteroatoms. The van der Waals surface area contributed by atoms with E-state index in [9.17, 15) is 0 Å². The monoisotopic (exact) mass is 279 g/mol. The Bertz CT molecular complexity index is 407. The van der Waals surface area contributed by atoms with E-state index in [1.807, 2.05) is 0 Å². The summed E-state index contributed by atoms with van der Waals surface area (Å²) < 4.78 is 5.23. The maximum Gasteiger partial charge on any atom is 0.129 e. The van der Waals surface area contributed by atoms with E-state index < -0.39 is 0 Å². The van der Waals surface area contributed by atoms with E-state index in [2.05, 4.69) is 44.7 Å². The molecular weight excluding hydrogens is 250 g/mol. The van der Waals surface area contributed by atoms with Gasteiger partial charge in [0.1, 0.15) is 5.82 Å². The van der Waals surface area contributed by atoms with Gasteiger partial charge in [0, 0.05) is 31.9 Å². The van der Waals surface area contributed by atoms with Crippen molar-refractivity contribution >= 4 is 5.82 Å². The highest BCUT2D eigenvalue weighted by molar-refractivity contribution is 5.44. The minimum Gasteiger partial charge on any atom is -0.383 e. The third-order valence-electron chi connectivity index (χ3n) is 3.67. The first-order valence-electron chi connectivity index (χ1n) is 7.49. The number of aromatic nitrogens is 1. The van der Waals surface area contributed by atoms with Crippen LogP contribution in [0.5, 0.6) is 0 Å². The van der Waals surface area contributed by atoms with E-state index in [1.165, 1.54) is 0 Å². The van der Waals surface area contributed by atoms with Crippen molar-refractivity contribution in [2.75, 3.05) is 25.2 Å². The van der Waals surface area contributed by atoms with Crippen LogP contribution in [-0.2, 0) is 11.3 Å². The molecule has 0 aliphatic heterocycles. The summed E-state index contributed by atoms with van der Waals surface area (Å²) >= 11 is 0. The maximum atomic E-state index is 5.83. The maximum absolute atomic E-state index is 5.83. The lowest BCUT2D eigenvalue weighted by molar-refractivity contribution is 0.203. The van der Waals surface area contributed by atoms with Crippen molar-refractivity contribution in [2.24, 2.45) is 5.73 Å². The molecule has 4 nitrogen and oxygen atoms in total. The Balaban J connectivity index is 3.13. The Hall–Kier alpha value is -1.13. The van der Waals surface area contributed by atoms with E-state index in [0.717, 1.165) is 30.0 Å². The molecule has 1 aromatic heterocycles. The van der Waals surface area contributed by atoms with Crippen molar-refractivity contribution in [1.82, 2.24) is 4.98 Å². The van der Waals surface area contributed by atoms with E-state index in [0.29, 0.717) is 25.1 Å². The summed E-state index contributed by atoms with van der Waals surface area (Å²) in [6, 6.07) is 4.65.